The third-order valence-corrected chi connectivity index (χ3v) is 4.91. The lowest BCUT2D eigenvalue weighted by molar-refractivity contribution is 0.0938. The summed E-state index contributed by atoms with van der Waals surface area (Å²) in [6, 6.07) is 13.4. The molecule has 0 aliphatic carbocycles. The SMILES string of the molecule is Cn1ccnc1C(=O)C[C@@H](CC(=O)c1cccs1)c1ccccc1. The molecule has 0 aliphatic heterocycles. The molecule has 0 saturated carbocycles. The van der Waals surface area contributed by atoms with Crippen molar-refractivity contribution in [3.8, 4) is 0 Å². The zero-order chi connectivity index (χ0) is 16.9. The fourth-order valence-corrected chi connectivity index (χ4v) is 3.42. The number of hydrogen-bond acceptors (Lipinski definition) is 4. The lowest BCUT2D eigenvalue weighted by atomic mass is 9.88. The van der Waals surface area contributed by atoms with Crippen molar-refractivity contribution in [2.75, 3.05) is 0 Å². The van der Waals surface area contributed by atoms with Crippen LogP contribution in [0.1, 0.15) is 44.6 Å². The minimum Gasteiger partial charge on any atom is -0.332 e. The number of imidazole rings is 1. The van der Waals surface area contributed by atoms with E-state index in [1.54, 1.807) is 24.0 Å². The van der Waals surface area contributed by atoms with E-state index < -0.39 is 0 Å². The average molecular weight is 338 g/mol. The van der Waals surface area contributed by atoms with Gasteiger partial charge in [-0.3, -0.25) is 9.59 Å². The molecule has 0 N–H and O–H groups in total. The fraction of sp³-hybridized carbons (Fsp3) is 0.211. The first-order valence-corrected chi connectivity index (χ1v) is 8.65. The molecule has 0 fully saturated rings. The topological polar surface area (TPSA) is 52.0 Å². The van der Waals surface area contributed by atoms with Gasteiger partial charge in [0.05, 0.1) is 4.88 Å². The van der Waals surface area contributed by atoms with Crippen molar-refractivity contribution in [2.24, 2.45) is 7.05 Å². The summed E-state index contributed by atoms with van der Waals surface area (Å²) in [5.41, 5.74) is 1.00. The Hall–Kier alpha value is -2.53. The lowest BCUT2D eigenvalue weighted by Crippen LogP contribution is -2.15. The molecule has 0 unspecified atom stereocenters. The first-order valence-electron chi connectivity index (χ1n) is 7.77. The van der Waals surface area contributed by atoms with Gasteiger partial charge < -0.3 is 4.57 Å². The summed E-state index contributed by atoms with van der Waals surface area (Å²) < 4.78 is 1.71. The number of rotatable bonds is 7. The standard InChI is InChI=1S/C19H18N2O2S/c1-21-10-9-20-19(21)17(23)13-15(14-6-3-2-4-7-14)12-16(22)18-8-5-11-24-18/h2-11,15H,12-13H2,1H3/t15-/m1/s1. The van der Waals surface area contributed by atoms with E-state index >= 15 is 0 Å². The van der Waals surface area contributed by atoms with Gasteiger partial charge in [0.25, 0.3) is 0 Å². The second-order valence-electron chi connectivity index (χ2n) is 5.70. The van der Waals surface area contributed by atoms with E-state index in [2.05, 4.69) is 4.98 Å². The first kappa shape index (κ1) is 16.3. The van der Waals surface area contributed by atoms with E-state index in [0.29, 0.717) is 12.2 Å². The highest BCUT2D eigenvalue weighted by Crippen LogP contribution is 2.27. The summed E-state index contributed by atoms with van der Waals surface area (Å²) in [6.07, 6.45) is 3.95. The molecule has 0 bridgehead atoms. The Morgan fingerprint density at radius 2 is 1.83 bits per heavy atom. The number of aromatic nitrogens is 2. The molecule has 4 nitrogen and oxygen atoms in total. The normalized spacial score (nSPS) is 12.0. The molecule has 3 rings (SSSR count). The Balaban J connectivity index is 1.81. The maximum Gasteiger partial charge on any atom is 0.198 e. The molecule has 1 aromatic carbocycles. The van der Waals surface area contributed by atoms with Crippen molar-refractivity contribution < 1.29 is 9.59 Å². The highest BCUT2D eigenvalue weighted by Gasteiger charge is 2.23. The summed E-state index contributed by atoms with van der Waals surface area (Å²) in [7, 11) is 1.80. The largest absolute Gasteiger partial charge is 0.332 e. The van der Waals surface area contributed by atoms with Crippen LogP contribution in [0.5, 0.6) is 0 Å². The van der Waals surface area contributed by atoms with Gasteiger partial charge in [0.2, 0.25) is 0 Å². The number of nitrogens with zero attached hydrogens (tertiary/aromatic N) is 2. The van der Waals surface area contributed by atoms with Gasteiger partial charge in [0.15, 0.2) is 17.4 Å². The third-order valence-electron chi connectivity index (χ3n) is 4.00. The van der Waals surface area contributed by atoms with Crippen LogP contribution >= 0.6 is 11.3 Å². The van der Waals surface area contributed by atoms with Crippen LogP contribution in [0.4, 0.5) is 0 Å². The quantitative estimate of drug-likeness (QED) is 0.609. The highest BCUT2D eigenvalue weighted by molar-refractivity contribution is 7.12. The molecule has 0 spiro atoms. The van der Waals surface area contributed by atoms with Crippen LogP contribution in [0.25, 0.3) is 0 Å². The van der Waals surface area contributed by atoms with Gasteiger partial charge in [-0.25, -0.2) is 4.98 Å². The number of benzene rings is 1. The van der Waals surface area contributed by atoms with Crippen LogP contribution in [0.2, 0.25) is 0 Å². The molecule has 0 amide bonds. The Kier molecular flexibility index (Phi) is 5.01. The van der Waals surface area contributed by atoms with Crippen LogP contribution in [0, 0.1) is 0 Å². The molecular formula is C19H18N2O2S. The van der Waals surface area contributed by atoms with Crippen molar-refractivity contribution >= 4 is 22.9 Å². The van der Waals surface area contributed by atoms with Crippen LogP contribution < -0.4 is 0 Å². The second-order valence-corrected chi connectivity index (χ2v) is 6.65. The summed E-state index contributed by atoms with van der Waals surface area (Å²) in [4.78, 5) is 29.9. The fourth-order valence-electron chi connectivity index (χ4n) is 2.74. The van der Waals surface area contributed by atoms with E-state index in [0.717, 1.165) is 10.4 Å². The smallest absolute Gasteiger partial charge is 0.198 e. The van der Waals surface area contributed by atoms with E-state index in [9.17, 15) is 9.59 Å². The molecule has 0 aliphatic rings. The van der Waals surface area contributed by atoms with Gasteiger partial charge in [-0.1, -0.05) is 36.4 Å². The Labute approximate surface area is 144 Å². The summed E-state index contributed by atoms with van der Waals surface area (Å²) in [5, 5.41) is 1.89. The maximum absolute atomic E-state index is 12.6. The second kappa shape index (κ2) is 7.36. The number of ketones is 2. The third kappa shape index (κ3) is 3.68. The van der Waals surface area contributed by atoms with Gasteiger partial charge in [0.1, 0.15) is 0 Å². The minimum atomic E-state index is -0.148. The van der Waals surface area contributed by atoms with Crippen molar-refractivity contribution in [3.63, 3.8) is 0 Å². The van der Waals surface area contributed by atoms with E-state index in [-0.39, 0.29) is 23.9 Å². The lowest BCUT2D eigenvalue weighted by Gasteiger charge is -2.15. The number of carbonyl (C=O) groups excluding carboxylic acids is 2. The molecule has 2 aromatic heterocycles. The maximum atomic E-state index is 12.6. The predicted octanol–water partition coefficient (Wildman–Crippen LogP) is 4.11. The molecule has 0 saturated heterocycles. The van der Waals surface area contributed by atoms with Gasteiger partial charge in [0, 0.05) is 32.3 Å². The highest BCUT2D eigenvalue weighted by atomic mass is 32.1. The number of thiophene rings is 1. The van der Waals surface area contributed by atoms with Crippen molar-refractivity contribution in [1.29, 1.82) is 0 Å². The Morgan fingerprint density at radius 3 is 2.46 bits per heavy atom. The minimum absolute atomic E-state index is 0.0460. The molecule has 24 heavy (non-hydrogen) atoms. The van der Waals surface area contributed by atoms with Crippen LogP contribution in [0.3, 0.4) is 0 Å². The van der Waals surface area contributed by atoms with Gasteiger partial charge in [-0.15, -0.1) is 11.3 Å². The summed E-state index contributed by atoms with van der Waals surface area (Å²) >= 11 is 1.44. The van der Waals surface area contributed by atoms with Gasteiger partial charge in [-0.2, -0.15) is 0 Å². The zero-order valence-corrected chi connectivity index (χ0v) is 14.2. The van der Waals surface area contributed by atoms with Gasteiger partial charge >= 0.3 is 0 Å². The molecule has 0 radical (unpaired) electrons. The number of carbonyl (C=O) groups is 2. The predicted molar refractivity (Wildman–Crippen MR) is 94.6 cm³/mol. The van der Waals surface area contributed by atoms with Crippen LogP contribution in [-0.4, -0.2) is 21.1 Å². The number of hydrogen-bond donors (Lipinski definition) is 0. The average Bonchev–Trinajstić information content (AvgIpc) is 3.26. The number of Topliss-reactive ketones (excluding diaryl/α,β-unsaturated/α-hetero) is 2. The van der Waals surface area contributed by atoms with Crippen molar-refractivity contribution in [3.05, 3.63) is 76.5 Å². The van der Waals surface area contributed by atoms with Crippen LogP contribution in [0.15, 0.2) is 60.2 Å². The van der Waals surface area contributed by atoms with Gasteiger partial charge in [-0.05, 0) is 22.9 Å². The van der Waals surface area contributed by atoms with Crippen molar-refractivity contribution in [2.45, 2.75) is 18.8 Å². The molecule has 2 heterocycles. The van der Waals surface area contributed by atoms with E-state index in [1.807, 2.05) is 47.8 Å². The monoisotopic (exact) mass is 338 g/mol. The molecule has 122 valence electrons. The first-order chi connectivity index (χ1) is 11.6. The van der Waals surface area contributed by atoms with E-state index in [1.165, 1.54) is 11.3 Å². The summed E-state index contributed by atoms with van der Waals surface area (Å²) in [5.74, 6) is 0.311. The van der Waals surface area contributed by atoms with Crippen molar-refractivity contribution in [1.82, 2.24) is 9.55 Å². The Bertz CT molecular complexity index is 822. The number of aryl methyl sites for hydroxylation is 1. The Morgan fingerprint density at radius 1 is 1.08 bits per heavy atom. The zero-order valence-electron chi connectivity index (χ0n) is 13.4. The van der Waals surface area contributed by atoms with E-state index in [4.69, 9.17) is 0 Å². The molecule has 1 atom stereocenters. The summed E-state index contributed by atoms with van der Waals surface area (Å²) in [6.45, 7) is 0. The molecule has 5 heteroatoms. The molecular weight excluding hydrogens is 320 g/mol. The molecule has 3 aromatic rings. The van der Waals surface area contributed by atoms with Crippen LogP contribution in [-0.2, 0) is 7.05 Å².